The first-order valence-electron chi connectivity index (χ1n) is 9.74. The highest BCUT2D eigenvalue weighted by Gasteiger charge is 2.36. The Hall–Kier alpha value is -4.26. The number of nitriles is 1. The van der Waals surface area contributed by atoms with Gasteiger partial charge in [0.15, 0.2) is 0 Å². The maximum absolute atomic E-state index is 14.8. The van der Waals surface area contributed by atoms with E-state index >= 15 is 0 Å². The molecule has 0 unspecified atom stereocenters. The Bertz CT molecular complexity index is 1400. The Balaban J connectivity index is 1.68. The van der Waals surface area contributed by atoms with Crippen molar-refractivity contribution in [1.29, 1.82) is 5.26 Å². The highest BCUT2D eigenvalue weighted by atomic mass is 19.1. The maximum atomic E-state index is 14.8. The number of halogens is 1. The third-order valence-electron chi connectivity index (χ3n) is 5.48. The SMILES string of the molecule is Cc1nc(C(=O)Nc2ccc(F)c([C@]3(C)Cn4c(cn(C)c4=O)C(N)=N3)c2)ccc1C#N. The van der Waals surface area contributed by atoms with Crippen molar-refractivity contribution in [3.05, 3.63) is 81.0 Å². The molecule has 1 amide bonds. The first-order valence-corrected chi connectivity index (χ1v) is 9.74. The van der Waals surface area contributed by atoms with Crippen LogP contribution in [0.5, 0.6) is 0 Å². The monoisotopic (exact) mass is 433 g/mol. The van der Waals surface area contributed by atoms with Crippen molar-refractivity contribution in [1.82, 2.24) is 14.1 Å². The van der Waals surface area contributed by atoms with Gasteiger partial charge in [-0.1, -0.05) is 0 Å². The van der Waals surface area contributed by atoms with E-state index in [1.807, 2.05) is 6.07 Å². The van der Waals surface area contributed by atoms with E-state index in [9.17, 15) is 14.0 Å². The molecule has 3 heterocycles. The molecule has 2 aromatic heterocycles. The van der Waals surface area contributed by atoms with Gasteiger partial charge in [0.25, 0.3) is 5.91 Å². The number of pyridine rings is 1. The molecule has 32 heavy (non-hydrogen) atoms. The van der Waals surface area contributed by atoms with Crippen LogP contribution in [-0.4, -0.2) is 25.9 Å². The van der Waals surface area contributed by atoms with Gasteiger partial charge in [-0.15, -0.1) is 0 Å². The van der Waals surface area contributed by atoms with Crippen LogP contribution in [0.3, 0.4) is 0 Å². The lowest BCUT2D eigenvalue weighted by atomic mass is 9.90. The summed E-state index contributed by atoms with van der Waals surface area (Å²) in [4.78, 5) is 33.7. The minimum atomic E-state index is -1.16. The van der Waals surface area contributed by atoms with Crippen molar-refractivity contribution in [3.8, 4) is 6.07 Å². The van der Waals surface area contributed by atoms with Gasteiger partial charge in [0.1, 0.15) is 34.6 Å². The zero-order chi connectivity index (χ0) is 23.2. The van der Waals surface area contributed by atoms with Gasteiger partial charge < -0.3 is 15.6 Å². The van der Waals surface area contributed by atoms with E-state index in [2.05, 4.69) is 15.3 Å². The van der Waals surface area contributed by atoms with Crippen molar-refractivity contribution in [2.45, 2.75) is 25.9 Å². The predicted molar refractivity (Wildman–Crippen MR) is 116 cm³/mol. The second-order valence-corrected chi connectivity index (χ2v) is 7.85. The summed E-state index contributed by atoms with van der Waals surface area (Å²) in [5.74, 6) is -0.919. The van der Waals surface area contributed by atoms with Gasteiger partial charge in [-0.25, -0.2) is 14.2 Å². The van der Waals surface area contributed by atoms with Crippen molar-refractivity contribution >= 4 is 17.4 Å². The molecule has 0 aliphatic carbocycles. The minimum Gasteiger partial charge on any atom is -0.382 e. The van der Waals surface area contributed by atoms with Gasteiger partial charge in [-0.05, 0) is 44.2 Å². The molecule has 0 saturated heterocycles. The van der Waals surface area contributed by atoms with Crippen LogP contribution in [0.25, 0.3) is 0 Å². The van der Waals surface area contributed by atoms with E-state index < -0.39 is 17.3 Å². The molecule has 1 aliphatic rings. The van der Waals surface area contributed by atoms with Gasteiger partial charge in [0.05, 0.1) is 17.8 Å². The van der Waals surface area contributed by atoms with Crippen LogP contribution in [-0.2, 0) is 19.1 Å². The zero-order valence-corrected chi connectivity index (χ0v) is 17.7. The van der Waals surface area contributed by atoms with Crippen LogP contribution in [0.2, 0.25) is 0 Å². The smallest absolute Gasteiger partial charge is 0.328 e. The number of fused-ring (bicyclic) bond motifs is 1. The number of nitrogens with one attached hydrogen (secondary N) is 1. The molecule has 3 aromatic rings. The Kier molecular flexibility index (Phi) is 4.89. The molecular formula is C22H20FN7O2. The normalized spacial score (nSPS) is 17.3. The number of hydrogen-bond acceptors (Lipinski definition) is 6. The van der Waals surface area contributed by atoms with E-state index in [-0.39, 0.29) is 29.3 Å². The summed E-state index contributed by atoms with van der Waals surface area (Å²) < 4.78 is 17.7. The average molecular weight is 433 g/mol. The van der Waals surface area contributed by atoms with Gasteiger partial charge in [0, 0.05) is 24.5 Å². The number of aromatic nitrogens is 3. The number of rotatable bonds is 3. The second kappa shape index (κ2) is 7.46. The predicted octanol–water partition coefficient (Wildman–Crippen LogP) is 1.79. The van der Waals surface area contributed by atoms with Crippen molar-refractivity contribution in [2.75, 3.05) is 5.32 Å². The molecule has 0 radical (unpaired) electrons. The van der Waals surface area contributed by atoms with E-state index in [0.717, 1.165) is 0 Å². The lowest BCUT2D eigenvalue weighted by molar-refractivity contribution is 0.102. The van der Waals surface area contributed by atoms with Crippen LogP contribution in [0, 0.1) is 24.1 Å². The van der Waals surface area contributed by atoms with E-state index in [4.69, 9.17) is 11.0 Å². The number of imidazole rings is 1. The number of nitrogens with two attached hydrogens (primary N) is 1. The highest BCUT2D eigenvalue weighted by Crippen LogP contribution is 2.34. The fourth-order valence-corrected chi connectivity index (χ4v) is 3.79. The number of hydrogen-bond donors (Lipinski definition) is 2. The largest absolute Gasteiger partial charge is 0.382 e. The fraction of sp³-hybridized carbons (Fsp3) is 0.227. The number of anilines is 1. The standard InChI is InChI=1S/C22H20FN7O2/c1-12-13(9-24)4-7-17(26-12)20(31)27-14-5-6-16(23)15(8-14)22(2)11-30-18(19(25)28-22)10-29(3)21(30)32/h4-8,10H,11H2,1-3H3,(H2,25,28)(H,27,31)/t22-/m0/s1. The zero-order valence-electron chi connectivity index (χ0n) is 17.7. The molecule has 1 aliphatic heterocycles. The summed E-state index contributed by atoms with van der Waals surface area (Å²) in [6.07, 6.45) is 1.58. The van der Waals surface area contributed by atoms with E-state index in [1.54, 1.807) is 27.1 Å². The molecule has 9 nitrogen and oxygen atoms in total. The summed E-state index contributed by atoms with van der Waals surface area (Å²) in [5, 5.41) is 11.7. The highest BCUT2D eigenvalue weighted by molar-refractivity contribution is 6.03. The van der Waals surface area contributed by atoms with Gasteiger partial charge >= 0.3 is 5.69 Å². The molecule has 0 bridgehead atoms. The number of aryl methyl sites for hydroxylation is 2. The molecule has 0 spiro atoms. The van der Waals surface area contributed by atoms with Crippen LogP contribution in [0.15, 0.2) is 46.3 Å². The lowest BCUT2D eigenvalue weighted by Gasteiger charge is -2.31. The number of carbonyl (C=O) groups is 1. The molecule has 1 atom stereocenters. The molecule has 0 fully saturated rings. The molecule has 1 aromatic carbocycles. The van der Waals surface area contributed by atoms with Crippen molar-refractivity contribution < 1.29 is 9.18 Å². The Labute approximate surface area is 182 Å². The number of benzene rings is 1. The Morgan fingerprint density at radius 2 is 2.09 bits per heavy atom. The molecule has 3 N–H and O–H groups in total. The quantitative estimate of drug-likeness (QED) is 0.650. The molecular weight excluding hydrogens is 413 g/mol. The van der Waals surface area contributed by atoms with Crippen LogP contribution in [0.4, 0.5) is 10.1 Å². The van der Waals surface area contributed by atoms with Gasteiger partial charge in [0.2, 0.25) is 0 Å². The summed E-state index contributed by atoms with van der Waals surface area (Å²) in [7, 11) is 1.61. The summed E-state index contributed by atoms with van der Waals surface area (Å²) >= 11 is 0. The summed E-state index contributed by atoms with van der Waals surface area (Å²) in [5.41, 5.74) is 6.56. The number of aliphatic imine (C=N–C) groups is 1. The molecule has 162 valence electrons. The number of amidine groups is 1. The topological polar surface area (TPSA) is 131 Å². The summed E-state index contributed by atoms with van der Waals surface area (Å²) in [6.45, 7) is 3.41. The first kappa shape index (κ1) is 21.0. The van der Waals surface area contributed by atoms with Crippen LogP contribution < -0.4 is 16.7 Å². The Morgan fingerprint density at radius 1 is 1.34 bits per heavy atom. The lowest BCUT2D eigenvalue weighted by Crippen LogP contribution is -2.41. The van der Waals surface area contributed by atoms with Crippen molar-refractivity contribution in [3.63, 3.8) is 0 Å². The van der Waals surface area contributed by atoms with Crippen molar-refractivity contribution in [2.24, 2.45) is 17.8 Å². The Morgan fingerprint density at radius 3 is 2.78 bits per heavy atom. The molecule has 0 saturated carbocycles. The van der Waals surface area contributed by atoms with E-state index in [0.29, 0.717) is 22.6 Å². The number of amides is 1. The molecule has 10 heteroatoms. The minimum absolute atomic E-state index is 0.0907. The second-order valence-electron chi connectivity index (χ2n) is 7.85. The fourth-order valence-electron chi connectivity index (χ4n) is 3.79. The third-order valence-corrected chi connectivity index (χ3v) is 5.48. The average Bonchev–Trinajstić information content (AvgIpc) is 3.03. The van der Waals surface area contributed by atoms with Crippen LogP contribution >= 0.6 is 0 Å². The summed E-state index contributed by atoms with van der Waals surface area (Å²) in [6, 6.07) is 9.08. The van der Waals surface area contributed by atoms with Crippen LogP contribution in [0.1, 0.15) is 39.9 Å². The maximum Gasteiger partial charge on any atom is 0.328 e. The van der Waals surface area contributed by atoms with Gasteiger partial charge in [-0.3, -0.25) is 14.4 Å². The number of nitrogens with zero attached hydrogens (tertiary/aromatic N) is 5. The van der Waals surface area contributed by atoms with Gasteiger partial charge in [-0.2, -0.15) is 5.26 Å². The van der Waals surface area contributed by atoms with E-state index in [1.165, 1.54) is 39.5 Å². The first-order chi connectivity index (χ1) is 15.1. The number of carbonyl (C=O) groups excluding carboxylic acids is 1. The molecule has 4 rings (SSSR count). The third kappa shape index (κ3) is 3.43.